The third-order valence-corrected chi connectivity index (χ3v) is 3.42. The Kier molecular flexibility index (Phi) is 6.59. The SMILES string of the molecule is CC(=O)Sc1nc[nH]c1CC(NC(O)C(C)N)C(O)O. The number of aliphatic hydroxyl groups is 3. The van der Waals surface area contributed by atoms with Gasteiger partial charge in [-0.05, 0) is 18.7 Å². The molecule has 0 amide bonds. The maximum absolute atomic E-state index is 11.1. The topological polar surface area (TPSA) is 144 Å². The molecule has 0 fully saturated rings. The molecule has 0 bridgehead atoms. The van der Waals surface area contributed by atoms with Crippen LogP contribution in [0, 0.1) is 0 Å². The van der Waals surface area contributed by atoms with Crippen LogP contribution in [0.3, 0.4) is 0 Å². The zero-order valence-corrected chi connectivity index (χ0v) is 12.1. The minimum absolute atomic E-state index is 0.122. The number of hydrogen-bond acceptors (Lipinski definition) is 8. The molecule has 3 atom stereocenters. The highest BCUT2D eigenvalue weighted by atomic mass is 32.2. The maximum atomic E-state index is 11.1. The van der Waals surface area contributed by atoms with Crippen molar-refractivity contribution in [2.75, 3.05) is 0 Å². The predicted molar refractivity (Wildman–Crippen MR) is 73.6 cm³/mol. The van der Waals surface area contributed by atoms with Gasteiger partial charge in [-0.1, -0.05) is 0 Å². The summed E-state index contributed by atoms with van der Waals surface area (Å²) < 4.78 is 0. The van der Waals surface area contributed by atoms with E-state index in [1.165, 1.54) is 13.3 Å². The van der Waals surface area contributed by atoms with E-state index in [1.54, 1.807) is 6.92 Å². The van der Waals surface area contributed by atoms with Gasteiger partial charge in [0, 0.05) is 19.4 Å². The minimum Gasteiger partial charge on any atom is -0.377 e. The van der Waals surface area contributed by atoms with Crippen molar-refractivity contribution in [3.05, 3.63) is 12.0 Å². The number of aromatic nitrogens is 2. The summed E-state index contributed by atoms with van der Waals surface area (Å²) in [5, 5.41) is 31.3. The van der Waals surface area contributed by atoms with Crippen LogP contribution < -0.4 is 11.1 Å². The van der Waals surface area contributed by atoms with Crippen LogP contribution >= 0.6 is 11.8 Å². The molecule has 0 radical (unpaired) electrons. The fourth-order valence-electron chi connectivity index (χ4n) is 1.52. The zero-order valence-electron chi connectivity index (χ0n) is 11.3. The van der Waals surface area contributed by atoms with Crippen molar-refractivity contribution < 1.29 is 20.1 Å². The van der Waals surface area contributed by atoms with Gasteiger partial charge in [-0.25, -0.2) is 4.98 Å². The number of carbonyl (C=O) groups excluding carboxylic acids is 1. The Morgan fingerprint density at radius 2 is 2.20 bits per heavy atom. The molecule has 0 aliphatic carbocycles. The molecule has 0 aliphatic heterocycles. The average molecular weight is 304 g/mol. The van der Waals surface area contributed by atoms with Crippen molar-refractivity contribution in [2.45, 2.75) is 49.9 Å². The van der Waals surface area contributed by atoms with Crippen molar-refractivity contribution in [3.63, 3.8) is 0 Å². The third kappa shape index (κ3) is 5.19. The molecule has 1 heterocycles. The highest BCUT2D eigenvalue weighted by Gasteiger charge is 2.24. The molecule has 0 aliphatic rings. The predicted octanol–water partition coefficient (Wildman–Crippen LogP) is -1.47. The zero-order chi connectivity index (χ0) is 15.3. The van der Waals surface area contributed by atoms with Gasteiger partial charge in [0.25, 0.3) is 0 Å². The second kappa shape index (κ2) is 7.72. The second-order valence-electron chi connectivity index (χ2n) is 4.47. The van der Waals surface area contributed by atoms with Gasteiger partial charge in [-0.3, -0.25) is 10.1 Å². The van der Waals surface area contributed by atoms with Crippen LogP contribution in [0.25, 0.3) is 0 Å². The molecule has 0 saturated carbocycles. The van der Waals surface area contributed by atoms with Crippen LogP contribution in [0.1, 0.15) is 19.5 Å². The van der Waals surface area contributed by atoms with E-state index in [1.807, 2.05) is 0 Å². The third-order valence-electron chi connectivity index (χ3n) is 2.59. The largest absolute Gasteiger partial charge is 0.377 e. The number of carbonyl (C=O) groups is 1. The molecule has 0 saturated heterocycles. The number of H-pyrrole nitrogens is 1. The van der Waals surface area contributed by atoms with Crippen molar-refractivity contribution in [2.24, 2.45) is 5.73 Å². The molecular formula is C11H20N4O4S. The van der Waals surface area contributed by atoms with E-state index >= 15 is 0 Å². The Labute approximate surface area is 120 Å². The quantitative estimate of drug-likeness (QED) is 0.264. The Morgan fingerprint density at radius 3 is 2.70 bits per heavy atom. The minimum atomic E-state index is -1.69. The summed E-state index contributed by atoms with van der Waals surface area (Å²) >= 11 is 0.951. The van der Waals surface area contributed by atoms with E-state index in [2.05, 4.69) is 15.3 Å². The molecule has 1 rings (SSSR count). The first-order valence-electron chi connectivity index (χ1n) is 6.07. The molecule has 8 nitrogen and oxygen atoms in total. The van der Waals surface area contributed by atoms with E-state index < -0.39 is 24.6 Å². The first-order valence-corrected chi connectivity index (χ1v) is 6.89. The van der Waals surface area contributed by atoms with Crippen LogP contribution in [0.15, 0.2) is 11.4 Å². The van der Waals surface area contributed by atoms with Crippen LogP contribution in [0.2, 0.25) is 0 Å². The van der Waals surface area contributed by atoms with Gasteiger partial charge >= 0.3 is 0 Å². The molecule has 9 heteroatoms. The van der Waals surface area contributed by atoms with Gasteiger partial charge in [0.2, 0.25) is 0 Å². The Hall–Kier alpha value is -0.970. The molecule has 1 aromatic rings. The molecule has 3 unspecified atom stereocenters. The maximum Gasteiger partial charge on any atom is 0.192 e. The monoisotopic (exact) mass is 304 g/mol. The number of nitrogens with two attached hydrogens (primary N) is 1. The average Bonchev–Trinajstić information content (AvgIpc) is 2.74. The molecular weight excluding hydrogens is 284 g/mol. The number of imidazole rings is 1. The van der Waals surface area contributed by atoms with E-state index in [0.717, 1.165) is 11.8 Å². The molecule has 114 valence electrons. The van der Waals surface area contributed by atoms with Crippen LogP contribution in [-0.2, 0) is 11.2 Å². The van der Waals surface area contributed by atoms with Crippen LogP contribution in [0.5, 0.6) is 0 Å². The number of nitrogens with one attached hydrogen (secondary N) is 2. The number of nitrogens with zero attached hydrogens (tertiary/aromatic N) is 1. The lowest BCUT2D eigenvalue weighted by Crippen LogP contribution is -2.52. The standard InChI is InChI=1S/C11H20N4O4S/c1-5(12)9(17)15-8(11(18)19)3-7-10(14-4-13-7)20-6(2)16/h4-5,8-9,11,15,17-19H,3,12H2,1-2H3,(H,13,14). The molecule has 0 spiro atoms. The summed E-state index contributed by atoms with van der Waals surface area (Å²) in [5.74, 6) is 0. The molecule has 1 aromatic heterocycles. The van der Waals surface area contributed by atoms with E-state index in [9.17, 15) is 20.1 Å². The first-order chi connectivity index (χ1) is 9.31. The Balaban J connectivity index is 2.75. The highest BCUT2D eigenvalue weighted by Crippen LogP contribution is 2.21. The summed E-state index contributed by atoms with van der Waals surface area (Å²) in [6.07, 6.45) is -1.20. The molecule has 0 aromatic carbocycles. The van der Waals surface area contributed by atoms with Crippen LogP contribution in [0.4, 0.5) is 0 Å². The summed E-state index contributed by atoms with van der Waals surface area (Å²) in [6.45, 7) is 3.01. The normalized spacial score (nSPS) is 16.1. The molecule has 20 heavy (non-hydrogen) atoms. The van der Waals surface area contributed by atoms with Crippen molar-refractivity contribution in [1.29, 1.82) is 0 Å². The van der Waals surface area contributed by atoms with Crippen molar-refractivity contribution in [1.82, 2.24) is 15.3 Å². The summed E-state index contributed by atoms with van der Waals surface area (Å²) in [5.41, 5.74) is 6.09. The fraction of sp³-hybridized carbons (Fsp3) is 0.636. The smallest absolute Gasteiger partial charge is 0.192 e. The van der Waals surface area contributed by atoms with Crippen molar-refractivity contribution >= 4 is 16.9 Å². The number of thioether (sulfide) groups is 1. The lowest BCUT2D eigenvalue weighted by molar-refractivity contribution is -0.109. The number of aliphatic hydroxyl groups excluding tert-OH is 2. The number of rotatable bonds is 7. The summed E-state index contributed by atoms with van der Waals surface area (Å²) in [4.78, 5) is 17.9. The molecule has 7 N–H and O–H groups in total. The Bertz CT molecular complexity index is 438. The van der Waals surface area contributed by atoms with Gasteiger partial charge in [0.05, 0.1) is 18.1 Å². The lowest BCUT2D eigenvalue weighted by Gasteiger charge is -2.25. The van der Waals surface area contributed by atoms with Gasteiger partial charge in [0.1, 0.15) is 11.3 Å². The fourth-order valence-corrected chi connectivity index (χ4v) is 2.16. The summed E-state index contributed by atoms with van der Waals surface area (Å²) in [6, 6.07) is -1.41. The summed E-state index contributed by atoms with van der Waals surface area (Å²) in [7, 11) is 0. The number of hydrogen-bond donors (Lipinski definition) is 6. The van der Waals surface area contributed by atoms with Crippen molar-refractivity contribution in [3.8, 4) is 0 Å². The van der Waals surface area contributed by atoms with E-state index in [0.29, 0.717) is 10.7 Å². The van der Waals surface area contributed by atoms with Gasteiger partial charge in [0.15, 0.2) is 11.4 Å². The Morgan fingerprint density at radius 1 is 1.55 bits per heavy atom. The van der Waals surface area contributed by atoms with Gasteiger partial charge in [-0.15, -0.1) is 0 Å². The van der Waals surface area contributed by atoms with E-state index in [4.69, 9.17) is 5.73 Å². The number of aromatic amines is 1. The van der Waals surface area contributed by atoms with Gasteiger partial charge in [-0.2, -0.15) is 0 Å². The van der Waals surface area contributed by atoms with E-state index in [-0.39, 0.29) is 11.5 Å². The lowest BCUT2D eigenvalue weighted by atomic mass is 10.1. The highest BCUT2D eigenvalue weighted by molar-refractivity contribution is 8.13. The van der Waals surface area contributed by atoms with Crippen LogP contribution in [-0.4, -0.2) is 55.0 Å². The van der Waals surface area contributed by atoms with Gasteiger partial charge < -0.3 is 26.0 Å². The second-order valence-corrected chi connectivity index (χ2v) is 5.64. The first kappa shape index (κ1) is 17.1.